The molecule has 3 amide bonds. The number of hydrogen-bond acceptors (Lipinski definition) is 4. The van der Waals surface area contributed by atoms with Gasteiger partial charge in [0.1, 0.15) is 6.26 Å². The van der Waals surface area contributed by atoms with E-state index in [1.54, 1.807) is 28.0 Å². The lowest BCUT2D eigenvalue weighted by molar-refractivity contribution is -0.132. The Kier molecular flexibility index (Phi) is 6.25. The van der Waals surface area contributed by atoms with Crippen LogP contribution >= 0.6 is 0 Å². The fraction of sp³-hybridized carbons (Fsp3) is 0.350. The smallest absolute Gasteiger partial charge is 0.257 e. The summed E-state index contributed by atoms with van der Waals surface area (Å²) in [6.45, 7) is 2.54. The van der Waals surface area contributed by atoms with Gasteiger partial charge in [-0.15, -0.1) is 0 Å². The fourth-order valence-corrected chi connectivity index (χ4v) is 3.02. The van der Waals surface area contributed by atoms with Crippen molar-refractivity contribution in [2.75, 3.05) is 32.7 Å². The van der Waals surface area contributed by atoms with Crippen LogP contribution < -0.4 is 5.32 Å². The maximum atomic E-state index is 12.3. The van der Waals surface area contributed by atoms with Crippen LogP contribution in [-0.4, -0.2) is 60.2 Å². The molecule has 0 spiro atoms. The summed E-state index contributed by atoms with van der Waals surface area (Å²) in [7, 11) is 0. The van der Waals surface area contributed by atoms with Crippen LogP contribution in [0.3, 0.4) is 0 Å². The zero-order valence-electron chi connectivity index (χ0n) is 15.1. The van der Waals surface area contributed by atoms with E-state index < -0.39 is 0 Å². The molecular formula is C20H23N3O4. The van der Waals surface area contributed by atoms with Crippen LogP contribution in [-0.2, 0) is 4.79 Å². The summed E-state index contributed by atoms with van der Waals surface area (Å²) >= 11 is 0. The van der Waals surface area contributed by atoms with E-state index >= 15 is 0 Å². The molecule has 7 nitrogen and oxygen atoms in total. The van der Waals surface area contributed by atoms with Crippen molar-refractivity contribution in [1.29, 1.82) is 0 Å². The van der Waals surface area contributed by atoms with Gasteiger partial charge in [-0.25, -0.2) is 0 Å². The molecule has 0 bridgehead atoms. The summed E-state index contributed by atoms with van der Waals surface area (Å²) < 4.78 is 4.94. The first-order chi connectivity index (χ1) is 13.1. The van der Waals surface area contributed by atoms with Gasteiger partial charge in [0.15, 0.2) is 0 Å². The van der Waals surface area contributed by atoms with E-state index in [2.05, 4.69) is 5.32 Å². The molecule has 142 valence electrons. The van der Waals surface area contributed by atoms with Crippen molar-refractivity contribution >= 4 is 17.7 Å². The molecule has 27 heavy (non-hydrogen) atoms. The van der Waals surface area contributed by atoms with E-state index in [1.807, 2.05) is 18.2 Å². The van der Waals surface area contributed by atoms with E-state index in [-0.39, 0.29) is 17.7 Å². The van der Waals surface area contributed by atoms with Crippen molar-refractivity contribution in [2.45, 2.75) is 12.8 Å². The molecule has 1 saturated heterocycles. The van der Waals surface area contributed by atoms with Gasteiger partial charge in [-0.2, -0.15) is 0 Å². The normalized spacial score (nSPS) is 14.1. The molecule has 0 saturated carbocycles. The lowest BCUT2D eigenvalue weighted by Crippen LogP contribution is -2.50. The summed E-state index contributed by atoms with van der Waals surface area (Å²) in [5, 5.41) is 2.82. The number of furan rings is 1. The molecular weight excluding hydrogens is 346 g/mol. The van der Waals surface area contributed by atoms with Gasteiger partial charge in [0.25, 0.3) is 11.8 Å². The van der Waals surface area contributed by atoms with Crippen LogP contribution in [0.5, 0.6) is 0 Å². The van der Waals surface area contributed by atoms with Gasteiger partial charge in [0, 0.05) is 44.7 Å². The molecule has 1 aromatic carbocycles. The minimum atomic E-state index is -0.130. The number of hydrogen-bond donors (Lipinski definition) is 1. The Balaban J connectivity index is 1.35. The van der Waals surface area contributed by atoms with E-state index in [9.17, 15) is 14.4 Å². The average molecular weight is 369 g/mol. The highest BCUT2D eigenvalue weighted by atomic mass is 16.3. The summed E-state index contributed by atoms with van der Waals surface area (Å²) in [5.74, 6) is -0.145. The molecule has 0 unspecified atom stereocenters. The highest BCUT2D eigenvalue weighted by Gasteiger charge is 2.24. The number of nitrogens with zero attached hydrogens (tertiary/aromatic N) is 2. The predicted molar refractivity (Wildman–Crippen MR) is 99.2 cm³/mol. The van der Waals surface area contributed by atoms with Crippen LogP contribution in [0.1, 0.15) is 33.6 Å². The third kappa shape index (κ3) is 4.97. The number of nitrogens with one attached hydrogen (secondary N) is 1. The maximum Gasteiger partial charge on any atom is 0.257 e. The Bertz CT molecular complexity index is 766. The first-order valence-corrected chi connectivity index (χ1v) is 9.07. The van der Waals surface area contributed by atoms with Gasteiger partial charge in [-0.1, -0.05) is 18.2 Å². The number of benzene rings is 1. The van der Waals surface area contributed by atoms with Crippen molar-refractivity contribution in [1.82, 2.24) is 15.1 Å². The van der Waals surface area contributed by atoms with Gasteiger partial charge in [0.05, 0.1) is 11.8 Å². The lowest BCUT2D eigenvalue weighted by Gasteiger charge is -2.34. The Labute approximate surface area is 157 Å². The van der Waals surface area contributed by atoms with Gasteiger partial charge >= 0.3 is 0 Å². The van der Waals surface area contributed by atoms with Crippen LogP contribution in [0.25, 0.3) is 0 Å². The summed E-state index contributed by atoms with van der Waals surface area (Å²) in [6, 6.07) is 10.6. The third-order valence-electron chi connectivity index (χ3n) is 4.58. The SMILES string of the molecule is O=C(NCCCC(=O)N1CCN(C(=O)c2ccoc2)CC1)c1ccccc1. The molecule has 1 aliphatic rings. The van der Waals surface area contributed by atoms with Crippen LogP contribution in [0.2, 0.25) is 0 Å². The zero-order valence-corrected chi connectivity index (χ0v) is 15.1. The molecule has 3 rings (SSSR count). The van der Waals surface area contributed by atoms with Crippen molar-refractivity contribution in [3.8, 4) is 0 Å². The quantitative estimate of drug-likeness (QED) is 0.787. The molecule has 1 aromatic heterocycles. The van der Waals surface area contributed by atoms with E-state index in [4.69, 9.17) is 4.42 Å². The monoisotopic (exact) mass is 369 g/mol. The molecule has 1 fully saturated rings. The largest absolute Gasteiger partial charge is 0.472 e. The number of carbonyl (C=O) groups excluding carboxylic acids is 3. The zero-order chi connectivity index (χ0) is 19.1. The second-order valence-electron chi connectivity index (χ2n) is 6.41. The number of carbonyl (C=O) groups is 3. The molecule has 0 radical (unpaired) electrons. The van der Waals surface area contributed by atoms with Crippen LogP contribution in [0.4, 0.5) is 0 Å². The Morgan fingerprint density at radius 2 is 1.63 bits per heavy atom. The van der Waals surface area contributed by atoms with Crippen LogP contribution in [0, 0.1) is 0 Å². The minimum Gasteiger partial charge on any atom is -0.472 e. The minimum absolute atomic E-state index is 0.0550. The van der Waals surface area contributed by atoms with Crippen molar-refractivity contribution in [2.24, 2.45) is 0 Å². The van der Waals surface area contributed by atoms with E-state index in [1.165, 1.54) is 12.5 Å². The number of amides is 3. The molecule has 0 aliphatic carbocycles. The highest BCUT2D eigenvalue weighted by molar-refractivity contribution is 5.94. The molecule has 2 aromatic rings. The summed E-state index contributed by atoms with van der Waals surface area (Å²) in [4.78, 5) is 40.0. The lowest BCUT2D eigenvalue weighted by atomic mass is 10.2. The maximum absolute atomic E-state index is 12.3. The fourth-order valence-electron chi connectivity index (χ4n) is 3.02. The second-order valence-corrected chi connectivity index (χ2v) is 6.41. The second kappa shape index (κ2) is 9.02. The molecule has 1 aliphatic heterocycles. The third-order valence-corrected chi connectivity index (χ3v) is 4.58. The Hall–Kier alpha value is -3.09. The van der Waals surface area contributed by atoms with Gasteiger partial charge < -0.3 is 19.5 Å². The van der Waals surface area contributed by atoms with Crippen LogP contribution in [0.15, 0.2) is 53.3 Å². The Morgan fingerprint density at radius 3 is 2.30 bits per heavy atom. The van der Waals surface area contributed by atoms with E-state index in [0.29, 0.717) is 56.7 Å². The predicted octanol–water partition coefficient (Wildman–Crippen LogP) is 1.77. The molecule has 1 N–H and O–H groups in total. The molecule has 7 heteroatoms. The van der Waals surface area contributed by atoms with Gasteiger partial charge in [0.2, 0.25) is 5.91 Å². The topological polar surface area (TPSA) is 82.9 Å². The van der Waals surface area contributed by atoms with Gasteiger partial charge in [-0.3, -0.25) is 14.4 Å². The summed E-state index contributed by atoms with van der Waals surface area (Å²) in [6.07, 6.45) is 3.88. The van der Waals surface area contributed by atoms with Crippen molar-refractivity contribution < 1.29 is 18.8 Å². The van der Waals surface area contributed by atoms with E-state index in [0.717, 1.165) is 0 Å². The summed E-state index contributed by atoms with van der Waals surface area (Å²) in [5.41, 5.74) is 1.14. The average Bonchev–Trinajstić information content (AvgIpc) is 3.26. The molecule has 2 heterocycles. The first kappa shape index (κ1) is 18.7. The van der Waals surface area contributed by atoms with Crippen molar-refractivity contribution in [3.63, 3.8) is 0 Å². The van der Waals surface area contributed by atoms with Crippen molar-refractivity contribution in [3.05, 3.63) is 60.1 Å². The molecule has 0 atom stereocenters. The number of piperazine rings is 1. The first-order valence-electron chi connectivity index (χ1n) is 9.07. The highest BCUT2D eigenvalue weighted by Crippen LogP contribution is 2.10. The number of rotatable bonds is 6. The van der Waals surface area contributed by atoms with Gasteiger partial charge in [-0.05, 0) is 24.6 Å². The standard InChI is InChI=1S/C20H23N3O4/c24-18(7-4-9-21-19(25)16-5-2-1-3-6-16)22-10-12-23(13-11-22)20(26)17-8-14-27-15-17/h1-3,5-6,8,14-15H,4,7,9-13H2,(H,21,25). The Morgan fingerprint density at radius 1 is 0.926 bits per heavy atom.